The van der Waals surface area contributed by atoms with Gasteiger partial charge in [0.2, 0.25) is 11.9 Å². The van der Waals surface area contributed by atoms with Crippen molar-refractivity contribution in [3.8, 4) is 0 Å². The van der Waals surface area contributed by atoms with E-state index in [-0.39, 0.29) is 56.1 Å². The Balaban J connectivity index is 1.94. The van der Waals surface area contributed by atoms with Gasteiger partial charge in [0, 0.05) is 22.5 Å². The number of aliphatic imine (C=N–C) groups is 2. The molecular formula is C29H31N7O11S3. The number of fused-ring (bicyclic) bond motifs is 1. The van der Waals surface area contributed by atoms with E-state index in [4.69, 9.17) is 17.2 Å². The van der Waals surface area contributed by atoms with Crippen LogP contribution < -0.4 is 27.8 Å². The van der Waals surface area contributed by atoms with Crippen molar-refractivity contribution in [1.82, 2.24) is 0 Å². The van der Waals surface area contributed by atoms with Crippen LogP contribution >= 0.6 is 0 Å². The third kappa shape index (κ3) is 7.08. The van der Waals surface area contributed by atoms with Crippen LogP contribution in [-0.2, 0) is 30.4 Å². The Morgan fingerprint density at radius 1 is 0.760 bits per heavy atom. The smallest absolute Gasteiger partial charge is 0.296 e. The van der Waals surface area contributed by atoms with E-state index >= 15 is 0 Å². The molecule has 0 bridgehead atoms. The quantitative estimate of drug-likeness (QED) is 0.0745. The van der Waals surface area contributed by atoms with Gasteiger partial charge in [0.1, 0.15) is 9.79 Å². The molecule has 21 heteroatoms. The van der Waals surface area contributed by atoms with Crippen molar-refractivity contribution in [1.29, 1.82) is 0 Å². The molecule has 1 aliphatic rings. The SMILES string of the molecule is CC1=C(C)C(=O)c2c(N)c(S(=O)(=O)O)cc(Nc3c(C)c(N=C(N)N=C(N)Nc4cccc(S(=O)(=O)O)c4)c(C)c(S(=O)(=O)O)c3C)c2C1=O. The first kappa shape index (κ1) is 37.6. The lowest BCUT2D eigenvalue weighted by Gasteiger charge is -2.25. The molecule has 0 saturated carbocycles. The Bertz CT molecular complexity index is 2470. The standard InChI is InChI=1S/C29H31N7O11S3/c1-11-12(2)26(38)21-20(25(11)37)18(10-19(22(21)30)49(42,43)44)34-23-13(3)24(15(5)27(14(23)4)50(45,46)47)35-29(32)36-28(31)33-16-7-6-8-17(9-16)48(39,40)41/h6-10,34H,30H2,1-5H3,(H,39,40,41)(H,42,43,44)(H,45,46,47)(H5,31,32,33,35,36). The fourth-order valence-electron chi connectivity index (χ4n) is 5.41. The molecular weight excluding hydrogens is 719 g/mol. The van der Waals surface area contributed by atoms with Crippen LogP contribution in [0.25, 0.3) is 0 Å². The number of allylic oxidation sites excluding steroid dienone is 2. The fourth-order valence-corrected chi connectivity index (χ4v) is 7.55. The van der Waals surface area contributed by atoms with Gasteiger partial charge >= 0.3 is 0 Å². The second-order valence-electron chi connectivity index (χ2n) is 11.1. The molecule has 1 aliphatic carbocycles. The summed E-state index contributed by atoms with van der Waals surface area (Å²) in [5, 5.41) is 5.34. The maximum absolute atomic E-state index is 13.5. The predicted octanol–water partition coefficient (Wildman–Crippen LogP) is 2.77. The van der Waals surface area contributed by atoms with Gasteiger partial charge in [-0.3, -0.25) is 23.2 Å². The molecule has 4 rings (SSSR count). The van der Waals surface area contributed by atoms with Gasteiger partial charge in [-0.05, 0) is 75.6 Å². The van der Waals surface area contributed by atoms with Crippen LogP contribution in [0.2, 0.25) is 0 Å². The van der Waals surface area contributed by atoms with Crippen molar-refractivity contribution < 1.29 is 48.5 Å². The number of hydrogen-bond donors (Lipinski definition) is 8. The third-order valence-electron chi connectivity index (χ3n) is 7.83. The summed E-state index contributed by atoms with van der Waals surface area (Å²) in [4.78, 5) is 32.8. The van der Waals surface area contributed by atoms with Crippen LogP contribution in [0.4, 0.5) is 28.4 Å². The van der Waals surface area contributed by atoms with Crippen molar-refractivity contribution in [3.63, 3.8) is 0 Å². The van der Waals surface area contributed by atoms with Gasteiger partial charge in [0.25, 0.3) is 30.4 Å². The molecule has 18 nitrogen and oxygen atoms in total. The number of rotatable bonds is 7. The van der Waals surface area contributed by atoms with E-state index in [9.17, 15) is 48.5 Å². The highest BCUT2D eigenvalue weighted by molar-refractivity contribution is 7.86. The highest BCUT2D eigenvalue weighted by Gasteiger charge is 2.36. The number of nitrogens with two attached hydrogens (primary N) is 3. The maximum Gasteiger partial charge on any atom is 0.296 e. The van der Waals surface area contributed by atoms with E-state index in [1.165, 1.54) is 46.8 Å². The lowest BCUT2D eigenvalue weighted by atomic mass is 9.83. The lowest BCUT2D eigenvalue weighted by Crippen LogP contribution is -2.26. The number of guanidine groups is 2. The van der Waals surface area contributed by atoms with Crippen LogP contribution in [0.3, 0.4) is 0 Å². The van der Waals surface area contributed by atoms with Gasteiger partial charge < -0.3 is 27.8 Å². The molecule has 0 spiro atoms. The molecule has 0 saturated heterocycles. The molecule has 0 atom stereocenters. The highest BCUT2D eigenvalue weighted by atomic mass is 32.2. The van der Waals surface area contributed by atoms with Crippen LogP contribution in [0, 0.1) is 20.8 Å². The summed E-state index contributed by atoms with van der Waals surface area (Å²) in [5.74, 6) is -2.49. The average Bonchev–Trinajstić information content (AvgIpc) is 2.97. The molecule has 3 aromatic carbocycles. The number of nitrogens with zero attached hydrogens (tertiary/aromatic N) is 2. The lowest BCUT2D eigenvalue weighted by molar-refractivity contribution is 0.0976. The van der Waals surface area contributed by atoms with E-state index in [0.29, 0.717) is 0 Å². The van der Waals surface area contributed by atoms with Gasteiger partial charge in [-0.2, -0.15) is 30.2 Å². The zero-order valence-corrected chi connectivity index (χ0v) is 29.3. The Labute approximate surface area is 286 Å². The molecule has 50 heavy (non-hydrogen) atoms. The van der Waals surface area contributed by atoms with Crippen LogP contribution in [0.15, 0.2) is 66.1 Å². The van der Waals surface area contributed by atoms with Gasteiger partial charge in [-0.25, -0.2) is 4.99 Å². The minimum atomic E-state index is -5.07. The van der Waals surface area contributed by atoms with Gasteiger partial charge in [-0.1, -0.05) is 6.07 Å². The number of hydrogen-bond acceptors (Lipinski definition) is 11. The fraction of sp³-hybridized carbons (Fsp3) is 0.172. The van der Waals surface area contributed by atoms with Gasteiger partial charge in [0.05, 0.1) is 33.1 Å². The monoisotopic (exact) mass is 749 g/mol. The number of carbonyl (C=O) groups excluding carboxylic acids is 2. The summed E-state index contributed by atoms with van der Waals surface area (Å²) in [7, 11) is -14.6. The van der Waals surface area contributed by atoms with Crippen LogP contribution in [0.5, 0.6) is 0 Å². The van der Waals surface area contributed by atoms with Crippen molar-refractivity contribution in [2.45, 2.75) is 49.3 Å². The normalized spacial score (nSPS) is 14.6. The summed E-state index contributed by atoms with van der Waals surface area (Å²) in [6.45, 7) is 6.73. The van der Waals surface area contributed by atoms with Crippen LogP contribution in [0.1, 0.15) is 51.3 Å². The minimum absolute atomic E-state index is 0.0171. The number of nitrogens with one attached hydrogen (secondary N) is 2. The number of anilines is 4. The van der Waals surface area contributed by atoms with E-state index in [1.807, 2.05) is 0 Å². The highest BCUT2D eigenvalue weighted by Crippen LogP contribution is 2.44. The predicted molar refractivity (Wildman–Crippen MR) is 184 cm³/mol. The third-order valence-corrected chi connectivity index (χ3v) is 10.7. The summed E-state index contributed by atoms with van der Waals surface area (Å²) in [5.41, 5.74) is 15.7. The first-order valence-corrected chi connectivity index (χ1v) is 18.3. The van der Waals surface area contributed by atoms with Gasteiger partial charge in [0.15, 0.2) is 11.6 Å². The topological polar surface area (TPSA) is 324 Å². The summed E-state index contributed by atoms with van der Waals surface area (Å²) >= 11 is 0. The summed E-state index contributed by atoms with van der Waals surface area (Å²) in [6, 6.07) is 5.69. The average molecular weight is 750 g/mol. The van der Waals surface area contributed by atoms with Crippen molar-refractivity contribution in [2.75, 3.05) is 16.4 Å². The molecule has 0 amide bonds. The molecule has 266 valence electrons. The van der Waals surface area contributed by atoms with Crippen molar-refractivity contribution in [2.24, 2.45) is 21.5 Å². The second-order valence-corrected chi connectivity index (χ2v) is 15.3. The van der Waals surface area contributed by atoms with E-state index in [1.54, 1.807) is 0 Å². The summed E-state index contributed by atoms with van der Waals surface area (Å²) in [6.07, 6.45) is 0. The van der Waals surface area contributed by atoms with E-state index in [0.717, 1.165) is 18.2 Å². The first-order chi connectivity index (χ1) is 22.9. The Morgan fingerprint density at radius 3 is 1.88 bits per heavy atom. The number of Topliss-reactive ketones (excluding diaryl/α,β-unsaturated/α-hetero) is 2. The molecule has 3 aromatic rings. The zero-order valence-electron chi connectivity index (χ0n) is 26.8. The van der Waals surface area contributed by atoms with E-state index in [2.05, 4.69) is 20.6 Å². The summed E-state index contributed by atoms with van der Waals surface area (Å²) < 4.78 is 102. The molecule has 0 radical (unpaired) electrons. The number of nitrogen functional groups attached to an aromatic ring is 1. The number of ketones is 2. The molecule has 0 heterocycles. The molecule has 11 N–H and O–H groups in total. The Kier molecular flexibility index (Phi) is 9.73. The second kappa shape index (κ2) is 12.9. The zero-order chi connectivity index (χ0) is 37.8. The first-order valence-electron chi connectivity index (χ1n) is 14.0. The number of benzene rings is 3. The van der Waals surface area contributed by atoms with E-state index < -0.39 is 79.8 Å². The molecule has 0 unspecified atom stereocenters. The molecule has 0 aliphatic heterocycles. The van der Waals surface area contributed by atoms with Crippen molar-refractivity contribution >= 4 is 82.3 Å². The Hall–Kier alpha value is -5.19. The van der Waals surface area contributed by atoms with Gasteiger partial charge in [-0.15, -0.1) is 0 Å². The van der Waals surface area contributed by atoms with Crippen molar-refractivity contribution in [3.05, 3.63) is 69.3 Å². The molecule has 0 fully saturated rings. The Morgan fingerprint density at radius 2 is 1.34 bits per heavy atom. The maximum atomic E-state index is 13.5. The largest absolute Gasteiger partial charge is 0.397 e. The number of carbonyl (C=O) groups is 2. The molecule has 0 aromatic heterocycles. The minimum Gasteiger partial charge on any atom is -0.397 e. The van der Waals surface area contributed by atoms with Crippen LogP contribution in [-0.4, -0.2) is 62.4 Å².